The van der Waals surface area contributed by atoms with Gasteiger partial charge in [-0.25, -0.2) is 4.63 Å². The number of aryl methyl sites for hydroxylation is 2. The highest BCUT2D eigenvalue weighted by molar-refractivity contribution is 8.26. The topological polar surface area (TPSA) is 88.3 Å². The summed E-state index contributed by atoms with van der Waals surface area (Å²) in [7, 11) is 0. The molecule has 0 radical (unpaired) electrons. The summed E-state index contributed by atoms with van der Waals surface area (Å²) in [4.78, 5) is 27.3. The molecule has 1 aliphatic carbocycles. The third-order valence-electron chi connectivity index (χ3n) is 5.64. The zero-order chi connectivity index (χ0) is 22.8. The molecule has 1 aromatic heterocycles. The van der Waals surface area contributed by atoms with E-state index in [-0.39, 0.29) is 18.3 Å². The number of nitrogens with one attached hydrogen (secondary N) is 1. The first-order valence-electron chi connectivity index (χ1n) is 10.6. The Hall–Kier alpha value is -3.30. The molecule has 0 bridgehead atoms. The van der Waals surface area contributed by atoms with Crippen molar-refractivity contribution in [3.05, 3.63) is 70.1 Å². The number of thioether (sulfide) groups is 1. The van der Waals surface area contributed by atoms with E-state index in [0.717, 1.165) is 24.0 Å². The maximum absolute atomic E-state index is 12.8. The minimum atomic E-state index is -0.429. The van der Waals surface area contributed by atoms with Crippen molar-refractivity contribution in [1.29, 1.82) is 0 Å². The predicted molar refractivity (Wildman–Crippen MR) is 131 cm³/mol. The smallest absolute Gasteiger partial charge is 0.266 e. The standard InChI is InChI=1S/C24H20N4O3S2/c29-20(14-28-23(30)19(33-24(28)32)12-15-6-2-1-3-7-15)25-22-21(26-31-27-22)18-11-10-16-8-4-5-9-17(16)13-18/h1-3,6-7,10-13H,4-5,8-9,14H2,(H,25,27,29)/b19-12-. The van der Waals surface area contributed by atoms with Gasteiger partial charge in [0.25, 0.3) is 5.91 Å². The third-order valence-corrected chi connectivity index (χ3v) is 7.02. The summed E-state index contributed by atoms with van der Waals surface area (Å²) in [6, 6.07) is 15.7. The van der Waals surface area contributed by atoms with Gasteiger partial charge >= 0.3 is 0 Å². The van der Waals surface area contributed by atoms with Gasteiger partial charge in [-0.15, -0.1) is 0 Å². The van der Waals surface area contributed by atoms with E-state index >= 15 is 0 Å². The lowest BCUT2D eigenvalue weighted by atomic mass is 9.90. The average Bonchev–Trinajstić information content (AvgIpc) is 3.39. The van der Waals surface area contributed by atoms with Gasteiger partial charge in [-0.2, -0.15) is 0 Å². The molecule has 0 atom stereocenters. The second kappa shape index (κ2) is 9.29. The zero-order valence-electron chi connectivity index (χ0n) is 17.6. The number of anilines is 1. The normalized spacial score (nSPS) is 16.8. The predicted octanol–water partition coefficient (Wildman–Crippen LogP) is 4.46. The molecule has 1 aliphatic heterocycles. The molecule has 1 fully saturated rings. The highest BCUT2D eigenvalue weighted by Crippen LogP contribution is 2.33. The summed E-state index contributed by atoms with van der Waals surface area (Å²) < 4.78 is 5.24. The van der Waals surface area contributed by atoms with E-state index < -0.39 is 5.91 Å². The third kappa shape index (κ3) is 4.60. The fourth-order valence-corrected chi connectivity index (χ4v) is 5.25. The summed E-state index contributed by atoms with van der Waals surface area (Å²) in [6.45, 7) is -0.215. The highest BCUT2D eigenvalue weighted by atomic mass is 32.2. The number of nitrogens with zero attached hydrogens (tertiary/aromatic N) is 3. The molecule has 9 heteroatoms. The fourth-order valence-electron chi connectivity index (χ4n) is 3.99. The van der Waals surface area contributed by atoms with Gasteiger partial charge < -0.3 is 5.32 Å². The lowest BCUT2D eigenvalue weighted by Gasteiger charge is -2.16. The van der Waals surface area contributed by atoms with Crippen LogP contribution in [0, 0.1) is 0 Å². The molecule has 2 aliphatic rings. The number of hydrogen-bond acceptors (Lipinski definition) is 7. The van der Waals surface area contributed by atoms with Crippen molar-refractivity contribution < 1.29 is 14.2 Å². The number of amides is 2. The summed E-state index contributed by atoms with van der Waals surface area (Å²) >= 11 is 6.52. The van der Waals surface area contributed by atoms with Crippen LogP contribution in [0.3, 0.4) is 0 Å². The first kappa shape index (κ1) is 21.5. The van der Waals surface area contributed by atoms with E-state index in [0.29, 0.717) is 14.9 Å². The number of hydrogen-bond donors (Lipinski definition) is 1. The Morgan fingerprint density at radius 3 is 2.73 bits per heavy atom. The number of aromatic nitrogens is 2. The first-order chi connectivity index (χ1) is 16.1. The van der Waals surface area contributed by atoms with Crippen LogP contribution in [-0.4, -0.2) is 37.9 Å². The first-order valence-corrected chi connectivity index (χ1v) is 11.9. The van der Waals surface area contributed by atoms with Gasteiger partial charge in [-0.05, 0) is 64.8 Å². The van der Waals surface area contributed by atoms with Crippen molar-refractivity contribution in [2.75, 3.05) is 11.9 Å². The summed E-state index contributed by atoms with van der Waals surface area (Å²) in [6.07, 6.45) is 6.25. The van der Waals surface area contributed by atoms with Crippen LogP contribution < -0.4 is 5.32 Å². The van der Waals surface area contributed by atoms with Crippen LogP contribution in [0.25, 0.3) is 17.3 Å². The Morgan fingerprint density at radius 2 is 1.91 bits per heavy atom. The Kier molecular flexibility index (Phi) is 6.06. The van der Waals surface area contributed by atoms with Gasteiger partial charge in [0.2, 0.25) is 11.7 Å². The molecule has 5 rings (SSSR count). The van der Waals surface area contributed by atoms with Crippen LogP contribution in [0.5, 0.6) is 0 Å². The number of rotatable bonds is 5. The number of thiocarbonyl (C=S) groups is 1. The largest absolute Gasteiger partial charge is 0.304 e. The summed E-state index contributed by atoms with van der Waals surface area (Å²) in [5.74, 6) is -0.500. The van der Waals surface area contributed by atoms with E-state index in [9.17, 15) is 9.59 Å². The number of carbonyl (C=O) groups excluding carboxylic acids is 2. The Morgan fingerprint density at radius 1 is 1.12 bits per heavy atom. The Bertz CT molecular complexity index is 1270. The fraction of sp³-hybridized carbons (Fsp3) is 0.208. The van der Waals surface area contributed by atoms with Crippen molar-refractivity contribution in [3.63, 3.8) is 0 Å². The van der Waals surface area contributed by atoms with Gasteiger partial charge in [0.1, 0.15) is 10.9 Å². The molecule has 2 heterocycles. The lowest BCUT2D eigenvalue weighted by molar-refractivity contribution is -0.126. The van der Waals surface area contributed by atoms with Crippen LogP contribution in [0.15, 0.2) is 58.1 Å². The van der Waals surface area contributed by atoms with E-state index in [2.05, 4.69) is 27.8 Å². The van der Waals surface area contributed by atoms with Crippen molar-refractivity contribution in [1.82, 2.24) is 15.2 Å². The molecule has 7 nitrogen and oxygen atoms in total. The van der Waals surface area contributed by atoms with Crippen LogP contribution in [-0.2, 0) is 22.4 Å². The van der Waals surface area contributed by atoms with Crippen LogP contribution in [0.4, 0.5) is 5.82 Å². The number of fused-ring (bicyclic) bond motifs is 1. The summed E-state index contributed by atoms with van der Waals surface area (Å²) in [5, 5.41) is 10.6. The Balaban J connectivity index is 1.29. The molecule has 166 valence electrons. The molecular formula is C24H20N4O3S2. The van der Waals surface area contributed by atoms with Crippen molar-refractivity contribution in [2.45, 2.75) is 25.7 Å². The monoisotopic (exact) mass is 476 g/mol. The molecule has 2 aromatic carbocycles. The molecule has 1 saturated heterocycles. The molecule has 2 amide bonds. The van der Waals surface area contributed by atoms with Gasteiger partial charge in [0.05, 0.1) is 4.91 Å². The molecular weight excluding hydrogens is 456 g/mol. The molecule has 0 unspecified atom stereocenters. The van der Waals surface area contributed by atoms with Crippen molar-refractivity contribution in [3.8, 4) is 11.3 Å². The highest BCUT2D eigenvalue weighted by Gasteiger charge is 2.33. The van der Waals surface area contributed by atoms with Crippen molar-refractivity contribution in [2.24, 2.45) is 0 Å². The van der Waals surface area contributed by atoms with Crippen LogP contribution in [0.2, 0.25) is 0 Å². The molecule has 1 N–H and O–H groups in total. The number of benzene rings is 2. The van der Waals surface area contributed by atoms with E-state index in [1.807, 2.05) is 36.4 Å². The molecule has 0 spiro atoms. The summed E-state index contributed by atoms with van der Waals surface area (Å²) in [5.41, 5.74) is 4.84. The minimum absolute atomic E-state index is 0.215. The average molecular weight is 477 g/mol. The Labute approximate surface area is 200 Å². The molecule has 33 heavy (non-hydrogen) atoms. The van der Waals surface area contributed by atoms with Gasteiger partial charge in [0, 0.05) is 5.56 Å². The molecule has 3 aromatic rings. The zero-order valence-corrected chi connectivity index (χ0v) is 19.2. The van der Waals surface area contributed by atoms with Gasteiger partial charge in [-0.3, -0.25) is 14.5 Å². The molecule has 0 saturated carbocycles. The van der Waals surface area contributed by atoms with Crippen LogP contribution >= 0.6 is 24.0 Å². The second-order valence-corrected chi connectivity index (χ2v) is 9.55. The van der Waals surface area contributed by atoms with E-state index in [4.69, 9.17) is 16.8 Å². The number of carbonyl (C=O) groups is 2. The van der Waals surface area contributed by atoms with Gasteiger partial charge in [-0.1, -0.05) is 66.4 Å². The minimum Gasteiger partial charge on any atom is -0.304 e. The second-order valence-electron chi connectivity index (χ2n) is 7.88. The maximum Gasteiger partial charge on any atom is 0.266 e. The quantitative estimate of drug-likeness (QED) is 0.430. The lowest BCUT2D eigenvalue weighted by Crippen LogP contribution is -2.36. The van der Waals surface area contributed by atoms with Crippen LogP contribution in [0.1, 0.15) is 29.5 Å². The van der Waals surface area contributed by atoms with Crippen molar-refractivity contribution >= 4 is 52.0 Å². The SMILES string of the molecule is O=C(CN1C(=O)/C(=C/c2ccccc2)SC1=S)Nc1nonc1-c1ccc2c(c1)CCCC2. The van der Waals surface area contributed by atoms with E-state index in [1.165, 1.54) is 40.6 Å². The van der Waals surface area contributed by atoms with Gasteiger partial charge in [0.15, 0.2) is 5.69 Å². The van der Waals surface area contributed by atoms with E-state index in [1.54, 1.807) is 6.08 Å². The maximum atomic E-state index is 12.8.